The molecule has 1 aliphatic carbocycles. The summed E-state index contributed by atoms with van der Waals surface area (Å²) in [7, 11) is 0. The van der Waals surface area contributed by atoms with Crippen LogP contribution >= 0.6 is 24.0 Å². The molecule has 1 amide bonds. The molecule has 5 heteroatoms. The minimum Gasteiger partial charge on any atom is -0.339 e. The molecule has 1 N–H and O–H groups in total. The third-order valence-electron chi connectivity index (χ3n) is 3.96. The molecule has 0 bridgehead atoms. The average Bonchev–Trinajstić information content (AvgIpc) is 3.21. The van der Waals surface area contributed by atoms with Crippen LogP contribution in [0.2, 0.25) is 5.02 Å². The Morgan fingerprint density at radius 1 is 1.16 bits per heavy atom. The number of hydrogen-bond acceptors (Lipinski definition) is 2. The van der Waals surface area contributed by atoms with E-state index < -0.39 is 0 Å². The van der Waals surface area contributed by atoms with Gasteiger partial charge in [-0.15, -0.1) is 12.4 Å². The Morgan fingerprint density at radius 3 is 2.26 bits per heavy atom. The van der Waals surface area contributed by atoms with E-state index in [2.05, 4.69) is 5.32 Å². The summed E-state index contributed by atoms with van der Waals surface area (Å²) in [5.41, 5.74) is 0.873. The van der Waals surface area contributed by atoms with Crippen molar-refractivity contribution < 1.29 is 4.79 Å². The normalized spacial score (nSPS) is 20.6. The van der Waals surface area contributed by atoms with Crippen molar-refractivity contribution in [2.45, 2.75) is 18.3 Å². The Hall–Kier alpha value is -0.770. The first-order valence-corrected chi connectivity index (χ1v) is 6.86. The Bertz CT molecular complexity index is 451. The van der Waals surface area contributed by atoms with E-state index >= 15 is 0 Å². The molecule has 0 unspecified atom stereocenters. The Kier molecular flexibility index (Phi) is 4.39. The van der Waals surface area contributed by atoms with Gasteiger partial charge in [-0.2, -0.15) is 0 Å². The second-order valence-electron chi connectivity index (χ2n) is 5.13. The van der Waals surface area contributed by atoms with Crippen LogP contribution in [0.25, 0.3) is 0 Å². The van der Waals surface area contributed by atoms with Gasteiger partial charge in [-0.25, -0.2) is 0 Å². The van der Waals surface area contributed by atoms with Gasteiger partial charge in [-0.1, -0.05) is 23.7 Å². The zero-order valence-corrected chi connectivity index (χ0v) is 12.3. The van der Waals surface area contributed by atoms with Gasteiger partial charge in [0.25, 0.3) is 0 Å². The van der Waals surface area contributed by atoms with Crippen LogP contribution < -0.4 is 5.32 Å². The smallest absolute Gasteiger partial charge is 0.233 e. The van der Waals surface area contributed by atoms with Crippen LogP contribution in [0.4, 0.5) is 0 Å². The molecule has 1 aromatic rings. The number of carbonyl (C=O) groups excluding carboxylic acids is 1. The number of nitrogens with one attached hydrogen (secondary N) is 1. The number of nitrogens with zero attached hydrogens (tertiary/aromatic N) is 1. The standard InChI is InChI=1S/C14H17ClN2O.ClH/c15-12-3-1-11(2-4-12)14(5-6-14)13(18)17-9-7-16-8-10-17;/h1-4,16H,5-10H2;1H. The van der Waals surface area contributed by atoms with Gasteiger partial charge < -0.3 is 10.2 Å². The van der Waals surface area contributed by atoms with Crippen molar-refractivity contribution in [1.82, 2.24) is 10.2 Å². The maximum Gasteiger partial charge on any atom is 0.233 e. The van der Waals surface area contributed by atoms with Gasteiger partial charge in [0.2, 0.25) is 5.91 Å². The third kappa shape index (κ3) is 2.73. The highest BCUT2D eigenvalue weighted by Gasteiger charge is 2.52. The largest absolute Gasteiger partial charge is 0.339 e. The van der Waals surface area contributed by atoms with Crippen LogP contribution in [0, 0.1) is 0 Å². The van der Waals surface area contributed by atoms with E-state index in [1.54, 1.807) is 0 Å². The molecule has 1 aliphatic heterocycles. The monoisotopic (exact) mass is 300 g/mol. The van der Waals surface area contributed by atoms with E-state index in [1.807, 2.05) is 29.2 Å². The number of benzene rings is 1. The second-order valence-corrected chi connectivity index (χ2v) is 5.57. The van der Waals surface area contributed by atoms with Crippen LogP contribution in [0.3, 0.4) is 0 Å². The molecule has 0 radical (unpaired) electrons. The molecule has 1 saturated heterocycles. The highest BCUT2D eigenvalue weighted by Crippen LogP contribution is 2.49. The second kappa shape index (κ2) is 5.70. The molecule has 2 fully saturated rings. The van der Waals surface area contributed by atoms with Crippen molar-refractivity contribution >= 4 is 29.9 Å². The van der Waals surface area contributed by atoms with Crippen LogP contribution in [-0.4, -0.2) is 37.0 Å². The zero-order valence-electron chi connectivity index (χ0n) is 10.7. The minimum atomic E-state index is -0.248. The van der Waals surface area contributed by atoms with E-state index in [1.165, 1.54) is 0 Å². The molecule has 0 aromatic heterocycles. The average molecular weight is 301 g/mol. The lowest BCUT2D eigenvalue weighted by molar-refractivity contribution is -0.134. The summed E-state index contributed by atoms with van der Waals surface area (Å²) in [6, 6.07) is 7.74. The van der Waals surface area contributed by atoms with Crippen molar-refractivity contribution in [3.63, 3.8) is 0 Å². The lowest BCUT2D eigenvalue weighted by Gasteiger charge is -2.31. The van der Waals surface area contributed by atoms with E-state index in [9.17, 15) is 4.79 Å². The van der Waals surface area contributed by atoms with Crippen LogP contribution in [0.5, 0.6) is 0 Å². The fourth-order valence-electron chi connectivity index (χ4n) is 2.69. The first-order chi connectivity index (χ1) is 8.72. The van der Waals surface area contributed by atoms with Crippen molar-refractivity contribution in [2.24, 2.45) is 0 Å². The highest BCUT2D eigenvalue weighted by molar-refractivity contribution is 6.30. The fraction of sp³-hybridized carbons (Fsp3) is 0.500. The molecule has 3 rings (SSSR count). The highest BCUT2D eigenvalue weighted by atomic mass is 35.5. The van der Waals surface area contributed by atoms with Gasteiger partial charge in [0.15, 0.2) is 0 Å². The third-order valence-corrected chi connectivity index (χ3v) is 4.21. The van der Waals surface area contributed by atoms with Gasteiger partial charge in [-0.3, -0.25) is 4.79 Å². The maximum absolute atomic E-state index is 12.6. The lowest BCUT2D eigenvalue weighted by Crippen LogP contribution is -2.49. The van der Waals surface area contributed by atoms with Gasteiger partial charge >= 0.3 is 0 Å². The molecular formula is C14H18Cl2N2O. The number of amides is 1. The van der Waals surface area contributed by atoms with E-state index in [0.29, 0.717) is 5.91 Å². The van der Waals surface area contributed by atoms with Crippen molar-refractivity contribution in [3.8, 4) is 0 Å². The van der Waals surface area contributed by atoms with Gasteiger partial charge in [-0.05, 0) is 30.5 Å². The molecule has 3 nitrogen and oxygen atoms in total. The quantitative estimate of drug-likeness (QED) is 0.908. The molecule has 1 heterocycles. The summed E-state index contributed by atoms with van der Waals surface area (Å²) in [6.07, 6.45) is 1.94. The number of halogens is 2. The molecule has 0 atom stereocenters. The number of rotatable bonds is 2. The summed E-state index contributed by atoms with van der Waals surface area (Å²) in [6.45, 7) is 3.47. The fourth-order valence-corrected chi connectivity index (χ4v) is 2.82. The molecule has 19 heavy (non-hydrogen) atoms. The summed E-state index contributed by atoms with van der Waals surface area (Å²) in [5.74, 6) is 0.298. The number of carbonyl (C=O) groups is 1. The van der Waals surface area contributed by atoms with Crippen molar-refractivity contribution in [1.29, 1.82) is 0 Å². The van der Waals surface area contributed by atoms with E-state index in [4.69, 9.17) is 11.6 Å². The van der Waals surface area contributed by atoms with Crippen LogP contribution in [0.15, 0.2) is 24.3 Å². The van der Waals surface area contributed by atoms with Gasteiger partial charge in [0.05, 0.1) is 5.41 Å². The van der Waals surface area contributed by atoms with Crippen LogP contribution in [-0.2, 0) is 10.2 Å². The number of piperazine rings is 1. The molecule has 0 spiro atoms. The Morgan fingerprint density at radius 2 is 1.74 bits per heavy atom. The molecule has 1 aromatic carbocycles. The molecule has 1 saturated carbocycles. The SMILES string of the molecule is Cl.O=C(N1CCNCC1)C1(c2ccc(Cl)cc2)CC1. The Labute approximate surface area is 124 Å². The topological polar surface area (TPSA) is 32.3 Å². The summed E-state index contributed by atoms with van der Waals surface area (Å²) in [5, 5.41) is 4.00. The van der Waals surface area contributed by atoms with E-state index in [-0.39, 0.29) is 17.8 Å². The van der Waals surface area contributed by atoms with Gasteiger partial charge in [0.1, 0.15) is 0 Å². The summed E-state index contributed by atoms with van der Waals surface area (Å²) < 4.78 is 0. The first kappa shape index (κ1) is 14.6. The summed E-state index contributed by atoms with van der Waals surface area (Å²) >= 11 is 5.91. The number of hydrogen-bond donors (Lipinski definition) is 1. The molecule has 2 aliphatic rings. The Balaban J connectivity index is 0.00000133. The molecule has 104 valence electrons. The summed E-state index contributed by atoms with van der Waals surface area (Å²) in [4.78, 5) is 14.6. The van der Waals surface area contributed by atoms with Crippen LogP contribution in [0.1, 0.15) is 18.4 Å². The minimum absolute atomic E-state index is 0. The first-order valence-electron chi connectivity index (χ1n) is 6.48. The van der Waals surface area contributed by atoms with Crippen molar-refractivity contribution in [3.05, 3.63) is 34.9 Å². The van der Waals surface area contributed by atoms with Crippen molar-refractivity contribution in [2.75, 3.05) is 26.2 Å². The predicted molar refractivity (Wildman–Crippen MR) is 79.1 cm³/mol. The zero-order chi connectivity index (χ0) is 12.6. The lowest BCUT2D eigenvalue weighted by atomic mass is 9.94. The van der Waals surface area contributed by atoms with E-state index in [0.717, 1.165) is 49.6 Å². The maximum atomic E-state index is 12.6. The van der Waals surface area contributed by atoms with Gasteiger partial charge in [0, 0.05) is 31.2 Å². The molecular weight excluding hydrogens is 283 g/mol. The predicted octanol–water partition coefficient (Wildman–Crippen LogP) is 2.23.